The van der Waals surface area contributed by atoms with Crippen molar-refractivity contribution in [2.75, 3.05) is 31.1 Å². The Morgan fingerprint density at radius 3 is 2.19 bits per heavy atom. The van der Waals surface area contributed by atoms with E-state index in [0.717, 1.165) is 0 Å². The second kappa shape index (κ2) is 8.74. The second-order valence-electron chi connectivity index (χ2n) is 7.19. The highest BCUT2D eigenvalue weighted by Gasteiger charge is 2.29. The van der Waals surface area contributed by atoms with Crippen LogP contribution in [0.2, 0.25) is 0 Å². The van der Waals surface area contributed by atoms with E-state index in [0.29, 0.717) is 30.0 Å². The predicted molar refractivity (Wildman–Crippen MR) is 118 cm³/mol. The molecule has 1 aromatic heterocycles. The topological polar surface area (TPSA) is 120 Å². The summed E-state index contributed by atoms with van der Waals surface area (Å²) < 4.78 is 27.2. The number of sulfonamides is 1. The Morgan fingerprint density at radius 2 is 1.59 bits per heavy atom. The number of anilines is 1. The smallest absolute Gasteiger partial charge is 0.295 e. The van der Waals surface area contributed by atoms with E-state index < -0.39 is 14.9 Å². The van der Waals surface area contributed by atoms with Gasteiger partial charge in [0.05, 0.1) is 21.5 Å². The molecule has 2 heterocycles. The van der Waals surface area contributed by atoms with Crippen LogP contribution in [-0.4, -0.2) is 48.8 Å². The fourth-order valence-electron chi connectivity index (χ4n) is 3.58. The van der Waals surface area contributed by atoms with Crippen molar-refractivity contribution in [3.63, 3.8) is 0 Å². The van der Waals surface area contributed by atoms with Crippen molar-refractivity contribution in [3.05, 3.63) is 82.4 Å². The van der Waals surface area contributed by atoms with Crippen molar-refractivity contribution >= 4 is 21.5 Å². The van der Waals surface area contributed by atoms with E-state index in [-0.39, 0.29) is 29.4 Å². The maximum Gasteiger partial charge on any atom is 0.295 e. The Bertz CT molecular complexity index is 1280. The molecular weight excluding hydrogens is 430 g/mol. The van der Waals surface area contributed by atoms with E-state index in [9.17, 15) is 18.5 Å². The van der Waals surface area contributed by atoms with Crippen molar-refractivity contribution in [2.45, 2.75) is 4.90 Å². The molecule has 1 saturated heterocycles. The van der Waals surface area contributed by atoms with Crippen LogP contribution in [-0.2, 0) is 10.0 Å². The van der Waals surface area contributed by atoms with Gasteiger partial charge in [-0.05, 0) is 30.3 Å². The highest BCUT2D eigenvalue weighted by molar-refractivity contribution is 7.89. The molecule has 9 nitrogen and oxygen atoms in total. The van der Waals surface area contributed by atoms with Crippen molar-refractivity contribution in [1.82, 2.24) is 9.29 Å². The zero-order valence-corrected chi connectivity index (χ0v) is 17.8. The number of hydrogen-bond acceptors (Lipinski definition) is 7. The number of aromatic nitrogens is 1. The van der Waals surface area contributed by atoms with Crippen LogP contribution in [0.1, 0.15) is 5.56 Å². The van der Waals surface area contributed by atoms with Crippen molar-refractivity contribution < 1.29 is 13.3 Å². The number of nitro groups is 1. The van der Waals surface area contributed by atoms with Gasteiger partial charge in [0.1, 0.15) is 5.82 Å². The van der Waals surface area contributed by atoms with Crippen LogP contribution < -0.4 is 4.90 Å². The molecule has 0 atom stereocenters. The van der Waals surface area contributed by atoms with E-state index >= 15 is 0 Å². The van der Waals surface area contributed by atoms with Crippen LogP contribution >= 0.6 is 0 Å². The molecule has 162 valence electrons. The summed E-state index contributed by atoms with van der Waals surface area (Å²) in [6.07, 6.45) is 0. The van der Waals surface area contributed by atoms with Crippen LogP contribution in [0, 0.1) is 21.4 Å². The van der Waals surface area contributed by atoms with E-state index in [1.165, 1.54) is 34.6 Å². The van der Waals surface area contributed by atoms with Crippen molar-refractivity contribution in [3.8, 4) is 17.3 Å². The molecule has 1 fully saturated rings. The molecule has 4 rings (SSSR count). The molecule has 0 amide bonds. The Kier molecular flexibility index (Phi) is 5.85. The summed E-state index contributed by atoms with van der Waals surface area (Å²) in [6, 6.07) is 19.8. The lowest BCUT2D eigenvalue weighted by molar-refractivity contribution is -0.384. The molecule has 0 bridgehead atoms. The van der Waals surface area contributed by atoms with Crippen molar-refractivity contribution in [2.24, 2.45) is 0 Å². The van der Waals surface area contributed by atoms with Gasteiger partial charge in [0.25, 0.3) is 5.69 Å². The first-order chi connectivity index (χ1) is 15.4. The molecule has 0 saturated carbocycles. The molecule has 0 aliphatic carbocycles. The molecule has 32 heavy (non-hydrogen) atoms. The van der Waals surface area contributed by atoms with Crippen LogP contribution in [0.15, 0.2) is 71.6 Å². The maximum atomic E-state index is 12.9. The lowest BCUT2D eigenvalue weighted by atomic mass is 10.1. The number of rotatable bonds is 5. The SMILES string of the molecule is N#Cc1ccc(S(=O)(=O)N2CCN(c3ccc([N+](=O)[O-])c(-c4ccccc4)n3)CC2)cc1. The standard InChI is InChI=1S/C22H19N5O4S/c23-16-17-6-8-19(9-7-17)32(30,31)26-14-12-25(13-15-26)21-11-10-20(27(28)29)22(24-21)18-4-2-1-3-5-18/h1-11H,12-15H2. The average Bonchev–Trinajstić information content (AvgIpc) is 2.84. The molecule has 2 aromatic carbocycles. The first kappa shape index (κ1) is 21.4. The summed E-state index contributed by atoms with van der Waals surface area (Å²) >= 11 is 0. The van der Waals surface area contributed by atoms with Gasteiger partial charge < -0.3 is 4.90 Å². The lowest BCUT2D eigenvalue weighted by Gasteiger charge is -2.34. The highest BCUT2D eigenvalue weighted by atomic mass is 32.2. The predicted octanol–water partition coefficient (Wildman–Crippen LogP) is 3.04. The zero-order chi connectivity index (χ0) is 22.7. The van der Waals surface area contributed by atoms with Crippen LogP contribution in [0.25, 0.3) is 11.3 Å². The minimum Gasteiger partial charge on any atom is -0.354 e. The van der Waals surface area contributed by atoms with Crippen molar-refractivity contribution in [1.29, 1.82) is 5.26 Å². The third-order valence-corrected chi connectivity index (χ3v) is 7.20. The zero-order valence-electron chi connectivity index (χ0n) is 17.0. The van der Waals surface area contributed by atoms with Gasteiger partial charge in [0.15, 0.2) is 5.69 Å². The largest absolute Gasteiger partial charge is 0.354 e. The molecule has 3 aromatic rings. The third kappa shape index (κ3) is 4.16. The summed E-state index contributed by atoms with van der Waals surface area (Å²) in [4.78, 5) is 17.6. The first-order valence-corrected chi connectivity index (χ1v) is 11.3. The number of hydrogen-bond donors (Lipinski definition) is 0. The molecule has 0 radical (unpaired) electrons. The normalized spacial score (nSPS) is 14.7. The number of pyridine rings is 1. The van der Waals surface area contributed by atoms with E-state index in [1.54, 1.807) is 30.3 Å². The summed E-state index contributed by atoms with van der Waals surface area (Å²) in [5.41, 5.74) is 1.23. The Labute approximate surface area is 185 Å². The van der Waals surface area contributed by atoms with E-state index in [1.807, 2.05) is 17.0 Å². The fourth-order valence-corrected chi connectivity index (χ4v) is 5.00. The lowest BCUT2D eigenvalue weighted by Crippen LogP contribution is -2.48. The number of nitriles is 1. The number of benzene rings is 2. The van der Waals surface area contributed by atoms with Gasteiger partial charge in [-0.15, -0.1) is 0 Å². The maximum absolute atomic E-state index is 12.9. The summed E-state index contributed by atoms with van der Waals surface area (Å²) in [7, 11) is -3.67. The summed E-state index contributed by atoms with van der Waals surface area (Å²) in [5.74, 6) is 0.560. The molecule has 1 aliphatic heterocycles. The van der Waals surface area contributed by atoms with Crippen LogP contribution in [0.3, 0.4) is 0 Å². The van der Waals surface area contributed by atoms with Crippen LogP contribution in [0.4, 0.5) is 11.5 Å². The van der Waals surface area contributed by atoms with Gasteiger partial charge in [-0.25, -0.2) is 13.4 Å². The monoisotopic (exact) mass is 449 g/mol. The summed E-state index contributed by atoms with van der Waals surface area (Å²) in [6.45, 7) is 1.30. The second-order valence-corrected chi connectivity index (χ2v) is 9.13. The number of nitrogens with zero attached hydrogens (tertiary/aromatic N) is 5. The van der Waals surface area contributed by atoms with Gasteiger partial charge >= 0.3 is 0 Å². The third-order valence-electron chi connectivity index (χ3n) is 5.29. The number of piperazine rings is 1. The molecule has 0 unspecified atom stereocenters. The quantitative estimate of drug-likeness (QED) is 0.434. The highest BCUT2D eigenvalue weighted by Crippen LogP contribution is 2.31. The Hall–Kier alpha value is -3.81. The minimum absolute atomic E-state index is 0.0815. The van der Waals surface area contributed by atoms with Gasteiger partial charge in [0, 0.05) is 37.8 Å². The molecule has 1 aliphatic rings. The van der Waals surface area contributed by atoms with Gasteiger partial charge in [-0.2, -0.15) is 9.57 Å². The van der Waals surface area contributed by atoms with E-state index in [2.05, 4.69) is 4.98 Å². The Morgan fingerprint density at radius 1 is 0.938 bits per heavy atom. The molecular formula is C22H19N5O4S. The first-order valence-electron chi connectivity index (χ1n) is 9.86. The van der Waals surface area contributed by atoms with Gasteiger partial charge in [-0.3, -0.25) is 10.1 Å². The van der Waals surface area contributed by atoms with Crippen LogP contribution in [0.5, 0.6) is 0 Å². The van der Waals surface area contributed by atoms with Gasteiger partial charge in [0.2, 0.25) is 10.0 Å². The fraction of sp³-hybridized carbons (Fsp3) is 0.182. The summed E-state index contributed by atoms with van der Waals surface area (Å²) in [5, 5.41) is 20.4. The molecule has 10 heteroatoms. The molecule has 0 N–H and O–H groups in total. The molecule has 0 spiro atoms. The minimum atomic E-state index is -3.67. The van der Waals surface area contributed by atoms with E-state index in [4.69, 9.17) is 5.26 Å². The Balaban J connectivity index is 1.54. The average molecular weight is 449 g/mol. The van der Waals surface area contributed by atoms with Gasteiger partial charge in [-0.1, -0.05) is 30.3 Å².